The average molecular weight is 177 g/mol. The third-order valence-corrected chi connectivity index (χ3v) is 3.93. The maximum Gasteiger partial charge on any atom is 0.155 e. The summed E-state index contributed by atoms with van der Waals surface area (Å²) in [7, 11) is -2.82. The smallest absolute Gasteiger partial charge is 0.155 e. The normalized spacial score (nSPS) is 33.1. The van der Waals surface area contributed by atoms with Crippen molar-refractivity contribution in [2.75, 3.05) is 31.2 Å². The molecule has 0 saturated carbocycles. The Hall–Kier alpha value is -0.130. The van der Waals surface area contributed by atoms with E-state index in [9.17, 15) is 8.42 Å². The first kappa shape index (κ1) is 7.52. The van der Waals surface area contributed by atoms with Crippen LogP contribution in [0.2, 0.25) is 0 Å². The van der Waals surface area contributed by atoms with Crippen molar-refractivity contribution in [3.63, 3.8) is 0 Å². The van der Waals surface area contributed by atoms with E-state index in [-0.39, 0.29) is 17.1 Å². The van der Waals surface area contributed by atoms with E-state index in [0.29, 0.717) is 19.7 Å². The third-order valence-electron chi connectivity index (χ3n) is 2.18. The van der Waals surface area contributed by atoms with Gasteiger partial charge in [0, 0.05) is 13.1 Å². The van der Waals surface area contributed by atoms with E-state index in [1.165, 1.54) is 0 Å². The second-order valence-electron chi connectivity index (χ2n) is 3.23. The maximum atomic E-state index is 11.2. The second-order valence-corrected chi connectivity index (χ2v) is 5.41. The van der Waals surface area contributed by atoms with Gasteiger partial charge in [-0.05, 0) is 0 Å². The highest BCUT2D eigenvalue weighted by atomic mass is 32.2. The Balaban J connectivity index is 2.15. The zero-order valence-corrected chi connectivity index (χ0v) is 6.99. The molecule has 0 aromatic heterocycles. The van der Waals surface area contributed by atoms with Gasteiger partial charge in [-0.3, -0.25) is 0 Å². The molecule has 0 atom stereocenters. The number of nitrogens with one attached hydrogen (secondary N) is 1. The highest BCUT2D eigenvalue weighted by Crippen LogP contribution is 2.23. The summed E-state index contributed by atoms with van der Waals surface area (Å²) in [5.41, 5.74) is -0.364. The summed E-state index contributed by atoms with van der Waals surface area (Å²) >= 11 is 0. The van der Waals surface area contributed by atoms with Crippen molar-refractivity contribution in [2.45, 2.75) is 5.60 Å². The monoisotopic (exact) mass is 177 g/mol. The van der Waals surface area contributed by atoms with Crippen molar-refractivity contribution in [1.29, 1.82) is 0 Å². The summed E-state index contributed by atoms with van der Waals surface area (Å²) in [4.78, 5) is 0. The Bertz CT molecular complexity index is 255. The zero-order chi connectivity index (χ0) is 7.95. The summed E-state index contributed by atoms with van der Waals surface area (Å²) in [6, 6.07) is 0. The zero-order valence-electron chi connectivity index (χ0n) is 6.17. The van der Waals surface area contributed by atoms with E-state index in [4.69, 9.17) is 4.74 Å². The fraction of sp³-hybridized carbons (Fsp3) is 1.00. The molecule has 1 spiro atoms. The Kier molecular flexibility index (Phi) is 1.49. The van der Waals surface area contributed by atoms with Crippen LogP contribution in [0.15, 0.2) is 0 Å². The van der Waals surface area contributed by atoms with E-state index in [0.717, 1.165) is 0 Å². The lowest BCUT2D eigenvalue weighted by molar-refractivity contribution is -0.0631. The number of sulfone groups is 1. The van der Waals surface area contributed by atoms with Gasteiger partial charge in [-0.1, -0.05) is 0 Å². The molecular formula is C6H11NO3S. The van der Waals surface area contributed by atoms with Crippen molar-refractivity contribution >= 4 is 9.84 Å². The topological polar surface area (TPSA) is 55.4 Å². The fourth-order valence-electron chi connectivity index (χ4n) is 1.51. The van der Waals surface area contributed by atoms with Gasteiger partial charge < -0.3 is 10.1 Å². The first-order chi connectivity index (χ1) is 5.12. The van der Waals surface area contributed by atoms with Crippen LogP contribution < -0.4 is 5.32 Å². The largest absolute Gasteiger partial charge is 0.370 e. The molecule has 0 unspecified atom stereocenters. The van der Waals surface area contributed by atoms with Gasteiger partial charge in [-0.25, -0.2) is 8.42 Å². The van der Waals surface area contributed by atoms with Gasteiger partial charge in [-0.15, -0.1) is 0 Å². The minimum Gasteiger partial charge on any atom is -0.370 e. The second kappa shape index (κ2) is 2.18. The lowest BCUT2D eigenvalue weighted by atomic mass is 10.00. The maximum absolute atomic E-state index is 11.2. The van der Waals surface area contributed by atoms with Crippen LogP contribution in [0.5, 0.6) is 0 Å². The van der Waals surface area contributed by atoms with E-state index < -0.39 is 9.84 Å². The fourth-order valence-corrected chi connectivity index (χ4v) is 3.08. The summed E-state index contributed by atoms with van der Waals surface area (Å²) in [6.45, 7) is 1.74. The van der Waals surface area contributed by atoms with E-state index >= 15 is 0 Å². The SMILES string of the molecule is O=S1(=O)CCOC2(CNC2)C1. The van der Waals surface area contributed by atoms with Gasteiger partial charge in [0.1, 0.15) is 5.60 Å². The van der Waals surface area contributed by atoms with Gasteiger partial charge in [0.05, 0.1) is 18.1 Å². The molecule has 2 rings (SSSR count). The highest BCUT2D eigenvalue weighted by Gasteiger charge is 2.44. The minimum absolute atomic E-state index is 0.189. The molecule has 5 heteroatoms. The van der Waals surface area contributed by atoms with Crippen LogP contribution in [0.3, 0.4) is 0 Å². The van der Waals surface area contributed by atoms with Crippen LogP contribution in [0.25, 0.3) is 0 Å². The van der Waals surface area contributed by atoms with Gasteiger partial charge in [0.25, 0.3) is 0 Å². The molecule has 2 aliphatic heterocycles. The van der Waals surface area contributed by atoms with Gasteiger partial charge >= 0.3 is 0 Å². The van der Waals surface area contributed by atoms with Crippen molar-refractivity contribution < 1.29 is 13.2 Å². The van der Waals surface area contributed by atoms with E-state index in [2.05, 4.69) is 5.32 Å². The van der Waals surface area contributed by atoms with Crippen molar-refractivity contribution in [1.82, 2.24) is 5.32 Å². The van der Waals surface area contributed by atoms with Crippen LogP contribution in [0.1, 0.15) is 0 Å². The Morgan fingerprint density at radius 3 is 2.45 bits per heavy atom. The summed E-state index contributed by atoms with van der Waals surface area (Å²) in [5, 5.41) is 3.02. The first-order valence-electron chi connectivity index (χ1n) is 3.67. The molecule has 2 heterocycles. The highest BCUT2D eigenvalue weighted by molar-refractivity contribution is 7.91. The van der Waals surface area contributed by atoms with Gasteiger partial charge in [0.2, 0.25) is 0 Å². The molecule has 0 aromatic carbocycles. The Morgan fingerprint density at radius 2 is 2.09 bits per heavy atom. The molecule has 2 saturated heterocycles. The lowest BCUT2D eigenvalue weighted by Gasteiger charge is -2.44. The molecule has 2 fully saturated rings. The van der Waals surface area contributed by atoms with E-state index in [1.54, 1.807) is 0 Å². The Morgan fingerprint density at radius 1 is 1.36 bits per heavy atom. The van der Waals surface area contributed by atoms with E-state index in [1.807, 2.05) is 0 Å². The van der Waals surface area contributed by atoms with Crippen molar-refractivity contribution in [3.8, 4) is 0 Å². The number of ether oxygens (including phenoxy) is 1. The predicted molar refractivity (Wildman–Crippen MR) is 40.2 cm³/mol. The van der Waals surface area contributed by atoms with Crippen LogP contribution in [-0.2, 0) is 14.6 Å². The van der Waals surface area contributed by atoms with Crippen LogP contribution in [-0.4, -0.2) is 45.2 Å². The van der Waals surface area contributed by atoms with Crippen LogP contribution in [0, 0.1) is 0 Å². The molecule has 11 heavy (non-hydrogen) atoms. The van der Waals surface area contributed by atoms with Crippen molar-refractivity contribution in [3.05, 3.63) is 0 Å². The lowest BCUT2D eigenvalue weighted by Crippen LogP contribution is -2.66. The molecule has 0 aliphatic carbocycles. The quantitative estimate of drug-likeness (QED) is 0.503. The molecule has 0 aromatic rings. The standard InChI is InChI=1S/C6H11NO3S/c8-11(9)2-1-10-6(5-11)3-7-4-6/h7H,1-5H2. The first-order valence-corrected chi connectivity index (χ1v) is 5.49. The molecule has 64 valence electrons. The average Bonchev–Trinajstić information content (AvgIpc) is 1.82. The third kappa shape index (κ3) is 1.28. The van der Waals surface area contributed by atoms with Gasteiger partial charge in [0.15, 0.2) is 9.84 Å². The Labute approximate surface area is 65.8 Å². The van der Waals surface area contributed by atoms with Crippen molar-refractivity contribution in [2.24, 2.45) is 0 Å². The molecule has 1 N–H and O–H groups in total. The summed E-state index contributed by atoms with van der Waals surface area (Å²) < 4.78 is 27.7. The van der Waals surface area contributed by atoms with Gasteiger partial charge in [-0.2, -0.15) is 0 Å². The summed E-state index contributed by atoms with van der Waals surface area (Å²) in [6.07, 6.45) is 0. The molecule has 2 aliphatic rings. The molecule has 0 radical (unpaired) electrons. The predicted octanol–water partition coefficient (Wildman–Crippen LogP) is -1.23. The number of hydrogen-bond donors (Lipinski definition) is 1. The minimum atomic E-state index is -2.82. The van der Waals surface area contributed by atoms with Crippen LogP contribution >= 0.6 is 0 Å². The summed E-state index contributed by atoms with van der Waals surface area (Å²) in [5.74, 6) is 0.391. The molecule has 4 nitrogen and oxygen atoms in total. The molecule has 0 amide bonds. The number of hydrogen-bond acceptors (Lipinski definition) is 4. The molecule has 0 bridgehead atoms. The molecular weight excluding hydrogens is 166 g/mol. The number of rotatable bonds is 0. The van der Waals surface area contributed by atoms with Crippen LogP contribution in [0.4, 0.5) is 0 Å².